The fourth-order valence-electron chi connectivity index (χ4n) is 2.32. The average Bonchev–Trinajstić information content (AvgIpc) is 2.69. The molecule has 0 saturated heterocycles. The molecule has 0 amide bonds. The van der Waals surface area contributed by atoms with Gasteiger partial charge in [0.2, 0.25) is 0 Å². The summed E-state index contributed by atoms with van der Waals surface area (Å²) in [5.74, 6) is 0. The lowest BCUT2D eigenvalue weighted by atomic mass is 10.2. The van der Waals surface area contributed by atoms with Crippen LogP contribution in [0.2, 0.25) is 4.34 Å². The summed E-state index contributed by atoms with van der Waals surface area (Å²) in [6.45, 7) is 3.03. The number of sulfonamides is 1. The minimum atomic E-state index is -3.57. The second-order valence-electron chi connectivity index (χ2n) is 4.90. The van der Waals surface area contributed by atoms with Crippen LogP contribution in [0.25, 0.3) is 0 Å². The molecule has 112 valence electrons. The lowest BCUT2D eigenvalue weighted by Crippen LogP contribution is -2.31. The Hall–Kier alpha value is -1.24. The highest BCUT2D eigenvalue weighted by molar-refractivity contribution is 7.94. The van der Waals surface area contributed by atoms with Crippen LogP contribution in [0.1, 0.15) is 12.0 Å². The predicted octanol–water partition coefficient (Wildman–Crippen LogP) is 3.72. The minimum Gasteiger partial charge on any atom is -0.383 e. The first-order valence-electron chi connectivity index (χ1n) is 6.62. The van der Waals surface area contributed by atoms with Gasteiger partial charge in [-0.15, -0.1) is 11.3 Å². The molecular weight excluding hydrogens is 328 g/mol. The van der Waals surface area contributed by atoms with Crippen molar-refractivity contribution in [2.24, 2.45) is 0 Å². The number of anilines is 2. The second-order valence-corrected chi connectivity index (χ2v) is 8.64. The number of aryl methyl sites for hydroxylation is 1. The Morgan fingerprint density at radius 1 is 1.33 bits per heavy atom. The van der Waals surface area contributed by atoms with Crippen LogP contribution < -0.4 is 9.62 Å². The van der Waals surface area contributed by atoms with Crippen molar-refractivity contribution < 1.29 is 8.42 Å². The van der Waals surface area contributed by atoms with E-state index in [1.54, 1.807) is 6.07 Å². The van der Waals surface area contributed by atoms with Gasteiger partial charge >= 0.3 is 0 Å². The van der Waals surface area contributed by atoms with Crippen molar-refractivity contribution in [1.29, 1.82) is 0 Å². The molecule has 1 aliphatic rings. The molecule has 0 fully saturated rings. The number of para-hydroxylation sites is 2. The highest BCUT2D eigenvalue weighted by Gasteiger charge is 2.29. The summed E-state index contributed by atoms with van der Waals surface area (Å²) in [4.78, 5) is 0. The van der Waals surface area contributed by atoms with Crippen LogP contribution in [-0.2, 0) is 10.0 Å². The van der Waals surface area contributed by atoms with E-state index in [9.17, 15) is 8.42 Å². The number of benzene rings is 1. The van der Waals surface area contributed by atoms with E-state index in [1.165, 1.54) is 4.31 Å². The van der Waals surface area contributed by atoms with E-state index in [0.717, 1.165) is 35.6 Å². The molecule has 1 N–H and O–H groups in total. The van der Waals surface area contributed by atoms with Crippen molar-refractivity contribution in [3.63, 3.8) is 0 Å². The van der Waals surface area contributed by atoms with Crippen LogP contribution in [0.15, 0.2) is 34.5 Å². The summed E-state index contributed by atoms with van der Waals surface area (Å²) < 4.78 is 28.1. The fourth-order valence-corrected chi connectivity index (χ4v) is 5.67. The summed E-state index contributed by atoms with van der Waals surface area (Å²) in [6.07, 6.45) is 0.756. The molecule has 0 bridgehead atoms. The highest BCUT2D eigenvalue weighted by atomic mass is 35.5. The highest BCUT2D eigenvalue weighted by Crippen LogP contribution is 2.37. The summed E-state index contributed by atoms with van der Waals surface area (Å²) in [6, 6.07) is 9.11. The lowest BCUT2D eigenvalue weighted by Gasteiger charge is -2.23. The Balaban J connectivity index is 2.10. The predicted molar refractivity (Wildman–Crippen MR) is 88.1 cm³/mol. The van der Waals surface area contributed by atoms with Crippen molar-refractivity contribution in [2.75, 3.05) is 22.7 Å². The first kappa shape index (κ1) is 14.7. The molecule has 0 radical (unpaired) electrons. The molecule has 2 heterocycles. The van der Waals surface area contributed by atoms with Crippen LogP contribution >= 0.6 is 22.9 Å². The third-order valence-electron chi connectivity index (χ3n) is 3.41. The smallest absolute Gasteiger partial charge is 0.273 e. The van der Waals surface area contributed by atoms with Crippen LogP contribution in [0.4, 0.5) is 11.4 Å². The lowest BCUT2D eigenvalue weighted by molar-refractivity contribution is 0.592. The van der Waals surface area contributed by atoms with Gasteiger partial charge in [-0.2, -0.15) is 0 Å². The zero-order valence-electron chi connectivity index (χ0n) is 11.5. The largest absolute Gasteiger partial charge is 0.383 e. The van der Waals surface area contributed by atoms with E-state index in [2.05, 4.69) is 5.32 Å². The van der Waals surface area contributed by atoms with Gasteiger partial charge < -0.3 is 5.32 Å². The van der Waals surface area contributed by atoms with Gasteiger partial charge in [-0.25, -0.2) is 8.42 Å². The molecular formula is C14H15ClN2O2S2. The number of hydrogen-bond donors (Lipinski definition) is 1. The topological polar surface area (TPSA) is 49.4 Å². The average molecular weight is 343 g/mol. The van der Waals surface area contributed by atoms with Gasteiger partial charge in [-0.1, -0.05) is 23.7 Å². The maximum Gasteiger partial charge on any atom is 0.273 e. The van der Waals surface area contributed by atoms with Crippen molar-refractivity contribution in [1.82, 2.24) is 0 Å². The first-order valence-corrected chi connectivity index (χ1v) is 9.25. The van der Waals surface area contributed by atoms with Crippen molar-refractivity contribution in [3.05, 3.63) is 40.2 Å². The van der Waals surface area contributed by atoms with Gasteiger partial charge in [0.1, 0.15) is 4.21 Å². The molecule has 1 aliphatic heterocycles. The van der Waals surface area contributed by atoms with E-state index < -0.39 is 10.0 Å². The summed E-state index contributed by atoms with van der Waals surface area (Å²) in [5, 5.41) is 3.27. The van der Waals surface area contributed by atoms with E-state index in [1.807, 2.05) is 31.2 Å². The molecule has 4 nitrogen and oxygen atoms in total. The first-order chi connectivity index (χ1) is 10.00. The van der Waals surface area contributed by atoms with Crippen LogP contribution in [0.3, 0.4) is 0 Å². The van der Waals surface area contributed by atoms with Gasteiger partial charge in [-0.3, -0.25) is 4.31 Å². The Labute approximate surface area is 133 Å². The van der Waals surface area contributed by atoms with Gasteiger partial charge in [0.05, 0.1) is 15.7 Å². The number of rotatable bonds is 2. The molecule has 1 aromatic carbocycles. The molecule has 0 saturated carbocycles. The molecule has 21 heavy (non-hydrogen) atoms. The quantitative estimate of drug-likeness (QED) is 0.904. The molecule has 0 atom stereocenters. The molecule has 1 aromatic heterocycles. The van der Waals surface area contributed by atoms with Crippen LogP contribution in [-0.4, -0.2) is 21.5 Å². The molecule has 0 aliphatic carbocycles. The number of halogens is 1. The standard InChI is InChI=1S/C14H15ClN2O2S2/c1-10-9-13(20-14(10)15)21(18,19)17-8-4-7-16-11-5-2-3-6-12(11)17/h2-3,5-6,9,16H,4,7-8H2,1H3. The number of nitrogens with one attached hydrogen (secondary N) is 1. The fraction of sp³-hybridized carbons (Fsp3) is 0.286. The third-order valence-corrected chi connectivity index (χ3v) is 7.22. The van der Waals surface area contributed by atoms with Crippen molar-refractivity contribution in [2.45, 2.75) is 17.6 Å². The number of thiophene rings is 1. The van der Waals surface area contributed by atoms with Crippen LogP contribution in [0.5, 0.6) is 0 Å². The Morgan fingerprint density at radius 2 is 2.10 bits per heavy atom. The van der Waals surface area contributed by atoms with E-state index in [-0.39, 0.29) is 0 Å². The summed E-state index contributed by atoms with van der Waals surface area (Å²) in [5.41, 5.74) is 2.33. The van der Waals surface area contributed by atoms with E-state index in [4.69, 9.17) is 11.6 Å². The van der Waals surface area contributed by atoms with Gasteiger partial charge in [-0.05, 0) is 37.1 Å². The normalized spacial score (nSPS) is 15.2. The zero-order valence-corrected chi connectivity index (χ0v) is 13.9. The zero-order chi connectivity index (χ0) is 15.0. The maximum atomic E-state index is 12.9. The SMILES string of the molecule is Cc1cc(S(=O)(=O)N2CCCNc3ccccc32)sc1Cl. The Bertz CT molecular complexity index is 752. The second kappa shape index (κ2) is 5.51. The van der Waals surface area contributed by atoms with E-state index in [0.29, 0.717) is 20.8 Å². The number of hydrogen-bond acceptors (Lipinski definition) is 4. The van der Waals surface area contributed by atoms with Gasteiger partial charge in [0, 0.05) is 13.1 Å². The monoisotopic (exact) mass is 342 g/mol. The third kappa shape index (κ3) is 2.63. The van der Waals surface area contributed by atoms with Crippen molar-refractivity contribution in [3.8, 4) is 0 Å². The molecule has 2 aromatic rings. The van der Waals surface area contributed by atoms with Gasteiger partial charge in [0.15, 0.2) is 0 Å². The molecule has 7 heteroatoms. The number of nitrogens with zero attached hydrogens (tertiary/aromatic N) is 1. The Kier molecular flexibility index (Phi) is 3.86. The summed E-state index contributed by atoms with van der Waals surface area (Å²) in [7, 11) is -3.57. The van der Waals surface area contributed by atoms with E-state index >= 15 is 0 Å². The maximum absolute atomic E-state index is 12.9. The molecule has 0 unspecified atom stereocenters. The van der Waals surface area contributed by atoms with Gasteiger partial charge in [0.25, 0.3) is 10.0 Å². The van der Waals surface area contributed by atoms with Crippen LogP contribution in [0, 0.1) is 6.92 Å². The summed E-state index contributed by atoms with van der Waals surface area (Å²) >= 11 is 7.14. The Morgan fingerprint density at radius 3 is 2.81 bits per heavy atom. The van der Waals surface area contributed by atoms with Crippen molar-refractivity contribution >= 4 is 44.3 Å². The number of fused-ring (bicyclic) bond motifs is 1. The minimum absolute atomic E-state index is 0.293. The molecule has 0 spiro atoms. The molecule has 3 rings (SSSR count).